The van der Waals surface area contributed by atoms with Gasteiger partial charge in [-0.05, 0) is 74.0 Å². The van der Waals surface area contributed by atoms with Gasteiger partial charge in [0.15, 0.2) is 5.13 Å². The molecule has 1 N–H and O–H groups in total. The van der Waals surface area contributed by atoms with Gasteiger partial charge in [-0.15, -0.1) is 11.3 Å². The number of likely N-dealkylation sites (tertiary alicyclic amines) is 2. The summed E-state index contributed by atoms with van der Waals surface area (Å²) < 4.78 is 15.6. The summed E-state index contributed by atoms with van der Waals surface area (Å²) in [7, 11) is 1.95. The van der Waals surface area contributed by atoms with Crippen molar-refractivity contribution in [2.24, 2.45) is 0 Å². The van der Waals surface area contributed by atoms with Crippen molar-refractivity contribution in [3.63, 3.8) is 0 Å². The lowest BCUT2D eigenvalue weighted by atomic mass is 9.90. The molecule has 0 bridgehead atoms. The van der Waals surface area contributed by atoms with Crippen LogP contribution in [0.3, 0.4) is 0 Å². The minimum absolute atomic E-state index is 0.107. The number of nitrogens with zero attached hydrogens (tertiary/aromatic N) is 7. The zero-order valence-electron chi connectivity index (χ0n) is 23.8. The molecule has 0 radical (unpaired) electrons. The van der Waals surface area contributed by atoms with Crippen molar-refractivity contribution in [1.29, 1.82) is 0 Å². The standard InChI is InChI=1S/C31H34FN7O2S/c1-4-25-30(36(3)31-35-28(29(33-2)42-31)21-5-8-23(32)9-6-21)39-17-22(7-10-26(39)34-25)20-11-14-37(15-12-20)19-27(41)38-16-13-24(40)18-38/h5-10,17,20,24,40H,4,11-16,18-19H2,1,3H3/t24-/m0/s1. The van der Waals surface area contributed by atoms with Crippen molar-refractivity contribution in [3.05, 3.63) is 71.1 Å². The number of rotatable bonds is 7. The van der Waals surface area contributed by atoms with Gasteiger partial charge in [-0.3, -0.25) is 14.1 Å². The van der Waals surface area contributed by atoms with E-state index in [-0.39, 0.29) is 11.7 Å². The number of pyridine rings is 1. The predicted molar refractivity (Wildman–Crippen MR) is 162 cm³/mol. The van der Waals surface area contributed by atoms with Crippen LogP contribution in [-0.4, -0.2) is 81.1 Å². The Hall–Kier alpha value is -3.85. The Balaban J connectivity index is 1.22. The molecule has 0 saturated carbocycles. The fourth-order valence-corrected chi connectivity index (χ4v) is 6.86. The van der Waals surface area contributed by atoms with Crippen molar-refractivity contribution in [3.8, 4) is 11.3 Å². The number of benzene rings is 1. The molecule has 4 aromatic rings. The van der Waals surface area contributed by atoms with Crippen molar-refractivity contribution in [2.75, 3.05) is 44.7 Å². The Morgan fingerprint density at radius 3 is 2.57 bits per heavy atom. The number of halogens is 1. The van der Waals surface area contributed by atoms with Crippen molar-refractivity contribution in [2.45, 2.75) is 44.6 Å². The summed E-state index contributed by atoms with van der Waals surface area (Å²) in [5, 5.41) is 10.9. The van der Waals surface area contributed by atoms with E-state index in [1.807, 2.05) is 11.9 Å². The van der Waals surface area contributed by atoms with Crippen molar-refractivity contribution >= 4 is 38.8 Å². The molecule has 2 aliphatic heterocycles. The number of aliphatic hydroxyl groups excluding tert-OH is 1. The van der Waals surface area contributed by atoms with Gasteiger partial charge in [-0.2, -0.15) is 0 Å². The lowest BCUT2D eigenvalue weighted by molar-refractivity contribution is -0.132. The molecule has 3 aromatic heterocycles. The van der Waals surface area contributed by atoms with Crippen LogP contribution in [0, 0.1) is 12.4 Å². The number of carbonyl (C=O) groups excluding carboxylic acids is 1. The van der Waals surface area contributed by atoms with Gasteiger partial charge in [0.1, 0.15) is 17.3 Å². The number of aryl methyl sites for hydroxylation is 1. The first-order valence-corrected chi connectivity index (χ1v) is 15.2. The maximum atomic E-state index is 13.5. The Morgan fingerprint density at radius 1 is 1.14 bits per heavy atom. The van der Waals surface area contributed by atoms with Gasteiger partial charge in [-0.25, -0.2) is 19.2 Å². The zero-order valence-corrected chi connectivity index (χ0v) is 24.6. The molecule has 1 aromatic carbocycles. The highest BCUT2D eigenvalue weighted by Gasteiger charge is 2.28. The number of aromatic nitrogens is 3. The van der Waals surface area contributed by atoms with Gasteiger partial charge in [0.25, 0.3) is 5.00 Å². The number of anilines is 2. The molecule has 218 valence electrons. The van der Waals surface area contributed by atoms with Gasteiger partial charge in [0, 0.05) is 26.3 Å². The molecule has 5 heterocycles. The van der Waals surface area contributed by atoms with E-state index < -0.39 is 6.10 Å². The first kappa shape index (κ1) is 28.3. The minimum Gasteiger partial charge on any atom is -0.391 e. The van der Waals surface area contributed by atoms with Crippen LogP contribution >= 0.6 is 11.3 Å². The Labute approximate surface area is 248 Å². The van der Waals surface area contributed by atoms with E-state index in [4.69, 9.17) is 16.5 Å². The third-order valence-electron chi connectivity index (χ3n) is 8.38. The van der Waals surface area contributed by atoms with Crippen LogP contribution in [0.4, 0.5) is 20.3 Å². The molecule has 2 saturated heterocycles. The minimum atomic E-state index is -0.392. The van der Waals surface area contributed by atoms with Crippen LogP contribution in [0.1, 0.15) is 43.4 Å². The smallest absolute Gasteiger partial charge is 0.270 e. The van der Waals surface area contributed by atoms with E-state index >= 15 is 0 Å². The summed E-state index contributed by atoms with van der Waals surface area (Å²) >= 11 is 1.31. The monoisotopic (exact) mass is 587 g/mol. The average molecular weight is 588 g/mol. The lowest BCUT2D eigenvalue weighted by Crippen LogP contribution is -2.42. The molecule has 1 atom stereocenters. The van der Waals surface area contributed by atoms with Gasteiger partial charge in [0.2, 0.25) is 5.91 Å². The highest BCUT2D eigenvalue weighted by Crippen LogP contribution is 2.42. The van der Waals surface area contributed by atoms with Gasteiger partial charge < -0.3 is 14.9 Å². The van der Waals surface area contributed by atoms with Crippen molar-refractivity contribution in [1.82, 2.24) is 24.2 Å². The third kappa shape index (κ3) is 5.50. The first-order valence-electron chi connectivity index (χ1n) is 14.4. The normalized spacial score (nSPS) is 18.1. The summed E-state index contributed by atoms with van der Waals surface area (Å²) in [6.07, 6.45) is 5.11. The molecule has 0 unspecified atom stereocenters. The number of imidazole rings is 1. The fourth-order valence-electron chi connectivity index (χ4n) is 6.02. The molecule has 2 fully saturated rings. The van der Waals surface area contributed by atoms with Gasteiger partial charge in [-0.1, -0.05) is 25.1 Å². The topological polar surface area (TPSA) is 81.6 Å². The maximum absolute atomic E-state index is 13.5. The molecule has 42 heavy (non-hydrogen) atoms. The number of hydrogen-bond acceptors (Lipinski definition) is 7. The second-order valence-corrected chi connectivity index (χ2v) is 12.0. The number of hydrogen-bond donors (Lipinski definition) is 1. The average Bonchev–Trinajstić information content (AvgIpc) is 3.73. The Bertz CT molecular complexity index is 1640. The molecule has 9 nitrogen and oxygen atoms in total. The number of amides is 1. The summed E-state index contributed by atoms with van der Waals surface area (Å²) in [6.45, 7) is 13.0. The first-order chi connectivity index (χ1) is 20.3. The van der Waals surface area contributed by atoms with Gasteiger partial charge in [0.05, 0.1) is 30.6 Å². The Morgan fingerprint density at radius 2 is 1.90 bits per heavy atom. The van der Waals surface area contributed by atoms with E-state index in [0.717, 1.165) is 49.5 Å². The number of β-amino-alcohol motifs (C(OH)–C–C–N with tert-alkyl or cyclic N) is 1. The largest absolute Gasteiger partial charge is 0.391 e. The molecule has 6 rings (SSSR count). The van der Waals surface area contributed by atoms with Crippen LogP contribution < -0.4 is 4.90 Å². The predicted octanol–water partition coefficient (Wildman–Crippen LogP) is 5.25. The highest BCUT2D eigenvalue weighted by atomic mass is 32.1. The van der Waals surface area contributed by atoms with Crippen molar-refractivity contribution < 1.29 is 14.3 Å². The number of carbonyl (C=O) groups is 1. The fraction of sp³-hybridized carbons (Fsp3) is 0.419. The van der Waals surface area contributed by atoms with Crippen LogP contribution in [0.5, 0.6) is 0 Å². The molecule has 11 heteroatoms. The SMILES string of the molecule is [C-]#[N+]c1sc(N(C)c2c(CC)nc3ccc(C4CCN(CC(=O)N5CC[C@H](O)C5)CC4)cn23)nc1-c1ccc(F)cc1. The van der Waals surface area contributed by atoms with E-state index in [1.54, 1.807) is 17.0 Å². The van der Waals surface area contributed by atoms with E-state index in [9.17, 15) is 14.3 Å². The molecule has 0 aliphatic carbocycles. The maximum Gasteiger partial charge on any atom is 0.270 e. The van der Waals surface area contributed by atoms with E-state index in [0.29, 0.717) is 53.4 Å². The summed E-state index contributed by atoms with van der Waals surface area (Å²) in [5.41, 5.74) is 4.29. The molecule has 2 aliphatic rings. The van der Waals surface area contributed by atoms with Crippen LogP contribution in [0.25, 0.3) is 21.7 Å². The lowest BCUT2D eigenvalue weighted by Gasteiger charge is -2.32. The molecular weight excluding hydrogens is 553 g/mol. The highest BCUT2D eigenvalue weighted by molar-refractivity contribution is 7.20. The summed E-state index contributed by atoms with van der Waals surface area (Å²) in [5.74, 6) is 1.07. The summed E-state index contributed by atoms with van der Waals surface area (Å²) in [6, 6.07) is 10.3. The summed E-state index contributed by atoms with van der Waals surface area (Å²) in [4.78, 5) is 32.1. The second-order valence-electron chi connectivity index (χ2n) is 11.1. The number of piperidine rings is 1. The zero-order chi connectivity index (χ0) is 29.4. The van der Waals surface area contributed by atoms with E-state index in [2.05, 4.69) is 39.4 Å². The number of fused-ring (bicyclic) bond motifs is 1. The van der Waals surface area contributed by atoms with Crippen LogP contribution in [-0.2, 0) is 11.2 Å². The van der Waals surface area contributed by atoms with E-state index in [1.165, 1.54) is 29.0 Å². The molecule has 0 spiro atoms. The molecule has 1 amide bonds. The number of thiazole rings is 1. The molecular formula is C31H34FN7O2S. The quantitative estimate of drug-likeness (QED) is 0.298. The third-order valence-corrected chi connectivity index (χ3v) is 9.40. The van der Waals surface area contributed by atoms with Crippen LogP contribution in [0.15, 0.2) is 42.6 Å². The van der Waals surface area contributed by atoms with Crippen LogP contribution in [0.2, 0.25) is 0 Å². The number of aliphatic hydroxyl groups is 1. The second kappa shape index (κ2) is 11.8. The van der Waals surface area contributed by atoms with Gasteiger partial charge >= 0.3 is 0 Å². The Kier molecular flexibility index (Phi) is 7.94.